The van der Waals surface area contributed by atoms with Crippen molar-refractivity contribution in [2.45, 2.75) is 13.0 Å². The van der Waals surface area contributed by atoms with Crippen LogP contribution in [-0.4, -0.2) is 30.9 Å². The van der Waals surface area contributed by atoms with Crippen LogP contribution in [0.15, 0.2) is 62.8 Å². The molecule has 1 aliphatic rings. The highest BCUT2D eigenvalue weighted by atomic mass is 35.5. The normalized spacial score (nSPS) is 16.2. The summed E-state index contributed by atoms with van der Waals surface area (Å²) in [6.45, 7) is 2.12. The Labute approximate surface area is 191 Å². The van der Waals surface area contributed by atoms with E-state index in [-0.39, 0.29) is 18.8 Å². The van der Waals surface area contributed by atoms with Crippen molar-refractivity contribution in [3.8, 4) is 0 Å². The highest BCUT2D eigenvalue weighted by Crippen LogP contribution is 2.34. The maximum atomic E-state index is 13.4. The molecule has 0 N–H and O–H groups in total. The summed E-state index contributed by atoms with van der Waals surface area (Å²) in [6, 6.07) is 10.3. The minimum absolute atomic E-state index is 0.101. The molecule has 160 valence electrons. The van der Waals surface area contributed by atoms with Crippen LogP contribution in [0.25, 0.3) is 6.08 Å². The molecule has 1 atom stereocenters. The minimum Gasteiger partial charge on any atom is -0.460 e. The zero-order chi connectivity index (χ0) is 22.0. The monoisotopic (exact) mass is 474 g/mol. The highest BCUT2D eigenvalue weighted by Gasteiger charge is 2.34. The molecule has 2 aromatic heterocycles. The molecule has 4 rings (SSSR count). The Kier molecular flexibility index (Phi) is 6.52. The second kappa shape index (κ2) is 9.32. The van der Waals surface area contributed by atoms with Gasteiger partial charge in [-0.2, -0.15) is 0 Å². The maximum absolute atomic E-state index is 13.4. The van der Waals surface area contributed by atoms with Crippen molar-refractivity contribution in [2.75, 3.05) is 20.3 Å². The third kappa shape index (κ3) is 4.29. The average molecular weight is 475 g/mol. The van der Waals surface area contributed by atoms with E-state index in [1.807, 2.05) is 35.7 Å². The smallest absolute Gasteiger partial charge is 0.338 e. The molecule has 0 aliphatic carbocycles. The predicted octanol–water partition coefficient (Wildman–Crippen LogP) is 3.14. The van der Waals surface area contributed by atoms with Gasteiger partial charge in [-0.1, -0.05) is 47.2 Å². The molecular weight excluding hydrogens is 456 g/mol. The van der Waals surface area contributed by atoms with Crippen LogP contribution in [0, 0.1) is 0 Å². The summed E-state index contributed by atoms with van der Waals surface area (Å²) in [5, 5.41) is 2.41. The number of aromatic nitrogens is 1. The van der Waals surface area contributed by atoms with Crippen LogP contribution in [-0.2, 0) is 14.3 Å². The van der Waals surface area contributed by atoms with Gasteiger partial charge in [-0.15, -0.1) is 11.3 Å². The second-order valence-corrected chi connectivity index (χ2v) is 9.14. The fourth-order valence-electron chi connectivity index (χ4n) is 3.37. The fraction of sp³-hybridized carbons (Fsp3) is 0.227. The predicted molar refractivity (Wildman–Crippen MR) is 122 cm³/mol. The van der Waals surface area contributed by atoms with E-state index in [4.69, 9.17) is 21.1 Å². The van der Waals surface area contributed by atoms with E-state index in [9.17, 15) is 9.59 Å². The molecule has 3 heterocycles. The van der Waals surface area contributed by atoms with E-state index in [2.05, 4.69) is 4.99 Å². The van der Waals surface area contributed by atoms with Gasteiger partial charge < -0.3 is 9.47 Å². The Balaban J connectivity index is 1.91. The molecule has 0 fully saturated rings. The quantitative estimate of drug-likeness (QED) is 0.406. The van der Waals surface area contributed by atoms with E-state index in [1.54, 1.807) is 30.4 Å². The van der Waals surface area contributed by atoms with Crippen molar-refractivity contribution < 1.29 is 14.3 Å². The first-order valence-corrected chi connectivity index (χ1v) is 11.5. The van der Waals surface area contributed by atoms with E-state index in [1.165, 1.54) is 23.0 Å². The van der Waals surface area contributed by atoms with Gasteiger partial charge in [0.15, 0.2) is 4.80 Å². The van der Waals surface area contributed by atoms with Crippen LogP contribution in [0.3, 0.4) is 0 Å². The van der Waals surface area contributed by atoms with Gasteiger partial charge in [0.1, 0.15) is 12.6 Å². The molecule has 9 heteroatoms. The van der Waals surface area contributed by atoms with Crippen molar-refractivity contribution in [1.29, 1.82) is 0 Å². The Morgan fingerprint density at radius 1 is 1.26 bits per heavy atom. The summed E-state index contributed by atoms with van der Waals surface area (Å²) < 4.78 is 12.4. The standard InChI is InChI=1S/C22H19ClN2O4S2/c1-13-18(21(27)29-10-9-28-2)19(15-7-3-4-8-16(15)23)25-20(26)17(31-22(25)24-13)12-14-6-5-11-30-14/h3-8,11-12,19H,9-10H2,1-2H3/b17-12-. The number of carbonyl (C=O) groups excluding carboxylic acids is 1. The van der Waals surface area contributed by atoms with Gasteiger partial charge in [-0.25, -0.2) is 9.79 Å². The Bertz CT molecular complexity index is 1320. The van der Waals surface area contributed by atoms with Crippen molar-refractivity contribution in [1.82, 2.24) is 4.57 Å². The van der Waals surface area contributed by atoms with Gasteiger partial charge in [0, 0.05) is 17.0 Å². The third-order valence-electron chi connectivity index (χ3n) is 4.78. The molecule has 0 saturated carbocycles. The number of thiophene rings is 1. The zero-order valence-corrected chi connectivity index (χ0v) is 19.2. The number of benzene rings is 1. The first-order chi connectivity index (χ1) is 15.0. The molecule has 1 aliphatic heterocycles. The van der Waals surface area contributed by atoms with Crippen LogP contribution in [0.4, 0.5) is 0 Å². The van der Waals surface area contributed by atoms with Gasteiger partial charge in [0.2, 0.25) is 0 Å². The molecule has 31 heavy (non-hydrogen) atoms. The summed E-state index contributed by atoms with van der Waals surface area (Å²) in [6.07, 6.45) is 1.84. The number of hydrogen-bond acceptors (Lipinski definition) is 7. The van der Waals surface area contributed by atoms with Crippen molar-refractivity contribution in [3.05, 3.63) is 88.2 Å². The number of methoxy groups -OCH3 is 1. The summed E-state index contributed by atoms with van der Waals surface area (Å²) in [7, 11) is 1.53. The molecule has 0 spiro atoms. The SMILES string of the molecule is COCCOC(=O)C1=C(C)N=c2s/c(=C\c3cccs3)c(=O)n2C1c1ccccc1Cl. The Morgan fingerprint density at radius 3 is 2.77 bits per heavy atom. The second-order valence-electron chi connectivity index (χ2n) is 6.75. The molecule has 0 radical (unpaired) electrons. The number of hydrogen-bond donors (Lipinski definition) is 0. The molecule has 0 saturated heterocycles. The van der Waals surface area contributed by atoms with Crippen LogP contribution >= 0.6 is 34.3 Å². The number of esters is 1. The molecule has 3 aromatic rings. The molecule has 6 nitrogen and oxygen atoms in total. The largest absolute Gasteiger partial charge is 0.460 e. The number of fused-ring (bicyclic) bond motifs is 1. The van der Waals surface area contributed by atoms with Gasteiger partial charge in [-0.05, 0) is 36.1 Å². The number of halogens is 1. The first kappa shape index (κ1) is 21.7. The molecule has 1 unspecified atom stereocenters. The zero-order valence-electron chi connectivity index (χ0n) is 16.8. The minimum atomic E-state index is -0.731. The van der Waals surface area contributed by atoms with Gasteiger partial charge in [0.25, 0.3) is 5.56 Å². The van der Waals surface area contributed by atoms with Gasteiger partial charge >= 0.3 is 5.97 Å². The lowest BCUT2D eigenvalue weighted by Gasteiger charge is -2.25. The summed E-state index contributed by atoms with van der Waals surface area (Å²) in [4.78, 5) is 32.5. The molecule has 0 bridgehead atoms. The lowest BCUT2D eigenvalue weighted by atomic mass is 9.96. The molecule has 0 amide bonds. The van der Waals surface area contributed by atoms with Crippen molar-refractivity contribution in [2.24, 2.45) is 4.99 Å². The van der Waals surface area contributed by atoms with Gasteiger partial charge in [-0.3, -0.25) is 9.36 Å². The fourth-order valence-corrected chi connectivity index (χ4v) is 5.38. The number of carbonyl (C=O) groups is 1. The van der Waals surface area contributed by atoms with Crippen LogP contribution in [0.1, 0.15) is 23.4 Å². The highest BCUT2D eigenvalue weighted by molar-refractivity contribution is 7.11. The van der Waals surface area contributed by atoms with Gasteiger partial charge in [0.05, 0.1) is 22.4 Å². The summed E-state index contributed by atoms with van der Waals surface area (Å²) in [5.41, 5.74) is 1.20. The number of ether oxygens (including phenoxy) is 2. The maximum Gasteiger partial charge on any atom is 0.338 e. The van der Waals surface area contributed by atoms with E-state index in [0.717, 1.165) is 4.88 Å². The third-order valence-corrected chi connectivity index (χ3v) is 6.93. The molecular formula is C22H19ClN2O4S2. The first-order valence-electron chi connectivity index (χ1n) is 9.48. The van der Waals surface area contributed by atoms with E-state index >= 15 is 0 Å². The summed E-state index contributed by atoms with van der Waals surface area (Å²) >= 11 is 9.33. The van der Waals surface area contributed by atoms with Crippen LogP contribution < -0.4 is 14.9 Å². The van der Waals surface area contributed by atoms with Crippen LogP contribution in [0.5, 0.6) is 0 Å². The lowest BCUT2D eigenvalue weighted by molar-refractivity contribution is -0.140. The average Bonchev–Trinajstić information content (AvgIpc) is 3.36. The Morgan fingerprint density at radius 2 is 2.06 bits per heavy atom. The number of nitrogens with zero attached hydrogens (tertiary/aromatic N) is 2. The Hall–Kier alpha value is -2.52. The number of thiazole rings is 1. The van der Waals surface area contributed by atoms with E-state index < -0.39 is 12.0 Å². The summed E-state index contributed by atoms with van der Waals surface area (Å²) in [5.74, 6) is -0.546. The van der Waals surface area contributed by atoms with Crippen LogP contribution in [0.2, 0.25) is 5.02 Å². The van der Waals surface area contributed by atoms with E-state index in [0.29, 0.717) is 31.2 Å². The number of allylic oxidation sites excluding steroid dienone is 1. The lowest BCUT2D eigenvalue weighted by Crippen LogP contribution is -2.40. The van der Waals surface area contributed by atoms with Crippen molar-refractivity contribution >= 4 is 46.3 Å². The topological polar surface area (TPSA) is 69.9 Å². The number of rotatable bonds is 6. The molecule has 1 aromatic carbocycles. The van der Waals surface area contributed by atoms with Crippen molar-refractivity contribution in [3.63, 3.8) is 0 Å².